The zero-order chi connectivity index (χ0) is 14.4. The highest BCUT2D eigenvalue weighted by Gasteiger charge is 2.11. The van der Waals surface area contributed by atoms with Crippen molar-refractivity contribution < 1.29 is 14.1 Å². The molecule has 0 aliphatic rings. The maximum Gasteiger partial charge on any atom is 0.273 e. The van der Waals surface area contributed by atoms with Crippen LogP contribution in [0.2, 0.25) is 0 Å². The fourth-order valence-corrected chi connectivity index (χ4v) is 1.83. The van der Waals surface area contributed by atoms with Gasteiger partial charge in [-0.15, -0.1) is 0 Å². The summed E-state index contributed by atoms with van der Waals surface area (Å²) in [6, 6.07) is 1.58. The van der Waals surface area contributed by atoms with E-state index in [4.69, 9.17) is 9.26 Å². The molecule has 0 bridgehead atoms. The summed E-state index contributed by atoms with van der Waals surface area (Å²) >= 11 is 0. The molecule has 0 unspecified atom stereocenters. The van der Waals surface area contributed by atoms with Crippen molar-refractivity contribution >= 4 is 5.91 Å². The van der Waals surface area contributed by atoms with Crippen molar-refractivity contribution in [3.8, 4) is 0 Å². The summed E-state index contributed by atoms with van der Waals surface area (Å²) in [4.78, 5) is 11.8. The van der Waals surface area contributed by atoms with Crippen LogP contribution in [0.15, 0.2) is 16.8 Å². The fraction of sp³-hybridized carbons (Fsp3) is 0.462. The van der Waals surface area contributed by atoms with Crippen LogP contribution >= 0.6 is 0 Å². The minimum atomic E-state index is -0.236. The number of nitrogens with zero attached hydrogens (tertiary/aromatic N) is 2. The number of carbonyl (C=O) groups is 1. The van der Waals surface area contributed by atoms with Crippen molar-refractivity contribution in [1.82, 2.24) is 20.7 Å². The minimum Gasteiger partial charge on any atom is -0.377 e. The Labute approximate surface area is 116 Å². The highest BCUT2D eigenvalue weighted by atomic mass is 16.5. The normalized spacial score (nSPS) is 10.7. The fourth-order valence-electron chi connectivity index (χ4n) is 1.83. The Morgan fingerprint density at radius 1 is 1.55 bits per heavy atom. The first-order chi connectivity index (χ1) is 9.70. The van der Waals surface area contributed by atoms with Crippen molar-refractivity contribution in [1.29, 1.82) is 0 Å². The first kappa shape index (κ1) is 14.3. The first-order valence-electron chi connectivity index (χ1n) is 6.42. The van der Waals surface area contributed by atoms with Crippen molar-refractivity contribution in [2.45, 2.75) is 26.4 Å². The number of rotatable bonds is 7. The lowest BCUT2D eigenvalue weighted by Gasteiger charge is -2.02. The molecule has 1 amide bonds. The van der Waals surface area contributed by atoms with Gasteiger partial charge in [-0.25, -0.2) is 0 Å². The van der Waals surface area contributed by atoms with Gasteiger partial charge in [-0.1, -0.05) is 5.16 Å². The highest BCUT2D eigenvalue weighted by molar-refractivity contribution is 5.92. The van der Waals surface area contributed by atoms with E-state index in [1.54, 1.807) is 13.2 Å². The van der Waals surface area contributed by atoms with Gasteiger partial charge in [0.25, 0.3) is 5.91 Å². The Kier molecular flexibility index (Phi) is 4.89. The number of aromatic amines is 1. The molecule has 2 N–H and O–H groups in total. The number of carbonyl (C=O) groups excluding carboxylic acids is 1. The molecule has 0 spiro atoms. The monoisotopic (exact) mass is 278 g/mol. The molecule has 2 heterocycles. The summed E-state index contributed by atoms with van der Waals surface area (Å²) in [7, 11) is 1.56. The van der Waals surface area contributed by atoms with Crippen LogP contribution < -0.4 is 5.32 Å². The summed E-state index contributed by atoms with van der Waals surface area (Å²) in [5.41, 5.74) is 2.51. The molecule has 20 heavy (non-hydrogen) atoms. The molecule has 7 nitrogen and oxygen atoms in total. The van der Waals surface area contributed by atoms with Crippen LogP contribution in [-0.4, -0.2) is 34.9 Å². The molecule has 2 rings (SSSR count). The summed E-state index contributed by atoms with van der Waals surface area (Å²) in [6.07, 6.45) is 3.52. The lowest BCUT2D eigenvalue weighted by atomic mass is 10.1. The summed E-state index contributed by atoms with van der Waals surface area (Å²) < 4.78 is 9.86. The quantitative estimate of drug-likeness (QED) is 0.743. The molecular formula is C13H18N4O3. The zero-order valence-corrected chi connectivity index (χ0v) is 11.6. The molecule has 2 aromatic heterocycles. The number of aryl methyl sites for hydroxylation is 2. The molecule has 0 saturated heterocycles. The van der Waals surface area contributed by atoms with Gasteiger partial charge < -0.3 is 14.6 Å². The second-order valence-corrected chi connectivity index (χ2v) is 4.49. The van der Waals surface area contributed by atoms with Gasteiger partial charge >= 0.3 is 0 Å². The van der Waals surface area contributed by atoms with E-state index in [0.717, 1.165) is 18.5 Å². The molecule has 0 aliphatic heterocycles. The number of ether oxygens (including phenoxy) is 1. The number of nitrogens with one attached hydrogen (secondary N) is 2. The second-order valence-electron chi connectivity index (χ2n) is 4.49. The molecule has 108 valence electrons. The molecule has 7 heteroatoms. The van der Waals surface area contributed by atoms with Crippen molar-refractivity contribution in [3.05, 3.63) is 35.0 Å². The average molecular weight is 278 g/mol. The first-order valence-corrected chi connectivity index (χ1v) is 6.42. The van der Waals surface area contributed by atoms with Gasteiger partial charge in [0, 0.05) is 25.4 Å². The number of hydrogen-bond acceptors (Lipinski definition) is 5. The topological polar surface area (TPSA) is 93.0 Å². The van der Waals surface area contributed by atoms with Crippen LogP contribution in [0.4, 0.5) is 0 Å². The van der Waals surface area contributed by atoms with Crippen LogP contribution in [0.25, 0.3) is 0 Å². The largest absolute Gasteiger partial charge is 0.377 e. The van der Waals surface area contributed by atoms with Gasteiger partial charge in [0.1, 0.15) is 6.61 Å². The molecule has 0 aliphatic carbocycles. The van der Waals surface area contributed by atoms with Gasteiger partial charge in [0.2, 0.25) is 0 Å². The number of H-pyrrole nitrogens is 1. The van der Waals surface area contributed by atoms with Crippen molar-refractivity contribution in [2.75, 3.05) is 13.7 Å². The molecular weight excluding hydrogens is 260 g/mol. The van der Waals surface area contributed by atoms with Crippen LogP contribution in [0.3, 0.4) is 0 Å². The smallest absolute Gasteiger partial charge is 0.273 e. The molecule has 0 atom stereocenters. The Hall–Kier alpha value is -2.15. The molecule has 0 radical (unpaired) electrons. The van der Waals surface area contributed by atoms with Crippen LogP contribution in [-0.2, 0) is 17.8 Å². The molecule has 0 aromatic carbocycles. The highest BCUT2D eigenvalue weighted by Crippen LogP contribution is 2.06. The molecule has 2 aromatic rings. The van der Waals surface area contributed by atoms with Gasteiger partial charge in [0.15, 0.2) is 11.5 Å². The van der Waals surface area contributed by atoms with E-state index in [2.05, 4.69) is 20.7 Å². The maximum atomic E-state index is 11.8. The third-order valence-corrected chi connectivity index (χ3v) is 2.92. The zero-order valence-electron chi connectivity index (χ0n) is 11.6. The maximum absolute atomic E-state index is 11.8. The van der Waals surface area contributed by atoms with E-state index in [-0.39, 0.29) is 11.6 Å². The predicted molar refractivity (Wildman–Crippen MR) is 71.2 cm³/mol. The lowest BCUT2D eigenvalue weighted by Crippen LogP contribution is -2.25. The van der Waals surface area contributed by atoms with E-state index in [0.29, 0.717) is 18.9 Å². The van der Waals surface area contributed by atoms with Crippen molar-refractivity contribution in [3.63, 3.8) is 0 Å². The van der Waals surface area contributed by atoms with Gasteiger partial charge in [0.05, 0.1) is 6.20 Å². The average Bonchev–Trinajstić information content (AvgIpc) is 3.05. The Bertz CT molecular complexity index is 561. The SMILES string of the molecule is COCc1cc(C(=O)NCCCc2cn[nH]c2C)no1. The van der Waals surface area contributed by atoms with E-state index in [1.165, 1.54) is 5.56 Å². The second kappa shape index (κ2) is 6.85. The lowest BCUT2D eigenvalue weighted by molar-refractivity contribution is 0.0943. The molecule has 0 fully saturated rings. The van der Waals surface area contributed by atoms with E-state index < -0.39 is 0 Å². The van der Waals surface area contributed by atoms with Crippen LogP contribution in [0.5, 0.6) is 0 Å². The summed E-state index contributed by atoms with van der Waals surface area (Å²) in [6.45, 7) is 2.86. The van der Waals surface area contributed by atoms with E-state index >= 15 is 0 Å². The van der Waals surface area contributed by atoms with Gasteiger partial charge in [-0.05, 0) is 25.3 Å². The Balaban J connectivity index is 1.73. The number of aromatic nitrogens is 3. The number of amides is 1. The van der Waals surface area contributed by atoms with E-state index in [1.807, 2.05) is 13.1 Å². The van der Waals surface area contributed by atoms with Gasteiger partial charge in [-0.3, -0.25) is 9.89 Å². The van der Waals surface area contributed by atoms with Crippen LogP contribution in [0, 0.1) is 6.92 Å². The van der Waals surface area contributed by atoms with Gasteiger partial charge in [-0.2, -0.15) is 5.10 Å². The summed E-state index contributed by atoms with van der Waals surface area (Å²) in [5, 5.41) is 13.3. The number of methoxy groups -OCH3 is 1. The standard InChI is InChI=1S/C13H18N4O3/c1-9-10(7-15-16-9)4-3-5-14-13(18)12-6-11(8-19-2)20-17-12/h6-7H,3-5,8H2,1-2H3,(H,14,18)(H,15,16). The number of hydrogen-bond donors (Lipinski definition) is 2. The Morgan fingerprint density at radius 2 is 2.40 bits per heavy atom. The Morgan fingerprint density at radius 3 is 3.10 bits per heavy atom. The third kappa shape index (κ3) is 3.67. The van der Waals surface area contributed by atoms with Crippen molar-refractivity contribution in [2.24, 2.45) is 0 Å². The molecule has 0 saturated carbocycles. The van der Waals surface area contributed by atoms with E-state index in [9.17, 15) is 4.79 Å². The summed E-state index contributed by atoms with van der Waals surface area (Å²) in [5.74, 6) is 0.298. The van der Waals surface area contributed by atoms with Crippen LogP contribution in [0.1, 0.15) is 33.9 Å². The predicted octanol–water partition coefficient (Wildman–Crippen LogP) is 1.22. The third-order valence-electron chi connectivity index (χ3n) is 2.92. The minimum absolute atomic E-state index is 0.236.